The first kappa shape index (κ1) is 20.2. The molecule has 0 bridgehead atoms. The Bertz CT molecular complexity index is 475. The number of hydrogen-bond acceptors (Lipinski definition) is 2. The van der Waals surface area contributed by atoms with Crippen LogP contribution in [-0.4, -0.2) is 36.0 Å². The van der Waals surface area contributed by atoms with Crippen molar-refractivity contribution in [1.82, 2.24) is 10.2 Å². The van der Waals surface area contributed by atoms with Crippen LogP contribution in [0.1, 0.15) is 79.6 Å². The molecule has 2 saturated heterocycles. The molecule has 3 nitrogen and oxygen atoms in total. The molecule has 0 spiro atoms. The molecule has 1 N–H and O–H groups in total. The summed E-state index contributed by atoms with van der Waals surface area (Å²) in [6.45, 7) is 13.5. The van der Waals surface area contributed by atoms with Gasteiger partial charge in [0.25, 0.3) is 0 Å². The molecule has 0 radical (unpaired) electrons. The Kier molecular flexibility index (Phi) is 6.69. The number of rotatable bonds is 9. The number of carbonyl (C=O) groups excluding carboxylic acids is 1. The molecule has 6 unspecified atom stereocenters. The molecule has 3 fully saturated rings. The highest BCUT2D eigenvalue weighted by molar-refractivity contribution is 5.78. The summed E-state index contributed by atoms with van der Waals surface area (Å²) in [5, 5.41) is 4.03. The van der Waals surface area contributed by atoms with Gasteiger partial charge >= 0.3 is 0 Å². The number of amides is 1. The van der Waals surface area contributed by atoms with Crippen LogP contribution in [0, 0.1) is 35.5 Å². The van der Waals surface area contributed by atoms with Crippen molar-refractivity contribution in [2.45, 2.75) is 91.6 Å². The fourth-order valence-electron chi connectivity index (χ4n) is 5.68. The van der Waals surface area contributed by atoms with E-state index in [-0.39, 0.29) is 0 Å². The Balaban J connectivity index is 1.58. The molecule has 1 saturated carbocycles. The first-order chi connectivity index (χ1) is 12.4. The van der Waals surface area contributed by atoms with Crippen molar-refractivity contribution in [2.24, 2.45) is 35.5 Å². The summed E-state index contributed by atoms with van der Waals surface area (Å²) in [6, 6.07) is 1.26. The van der Waals surface area contributed by atoms with Crippen LogP contribution in [-0.2, 0) is 4.79 Å². The first-order valence-electron chi connectivity index (χ1n) is 11.4. The van der Waals surface area contributed by atoms with Crippen molar-refractivity contribution in [1.29, 1.82) is 0 Å². The fourth-order valence-corrected chi connectivity index (χ4v) is 5.68. The monoisotopic (exact) mass is 362 g/mol. The van der Waals surface area contributed by atoms with Crippen LogP contribution >= 0.6 is 0 Å². The maximum Gasteiger partial charge on any atom is 0.222 e. The van der Waals surface area contributed by atoms with Gasteiger partial charge in [0, 0.05) is 37.5 Å². The van der Waals surface area contributed by atoms with Gasteiger partial charge in [-0.3, -0.25) is 4.79 Å². The summed E-state index contributed by atoms with van der Waals surface area (Å²) in [4.78, 5) is 14.6. The van der Waals surface area contributed by atoms with E-state index in [1.54, 1.807) is 0 Å². The van der Waals surface area contributed by atoms with Crippen LogP contribution in [0.15, 0.2) is 0 Å². The van der Waals surface area contributed by atoms with E-state index in [0.717, 1.165) is 49.6 Å². The Morgan fingerprint density at radius 2 is 1.88 bits per heavy atom. The van der Waals surface area contributed by atoms with E-state index in [4.69, 9.17) is 0 Å². The average Bonchev–Trinajstić information content (AvgIpc) is 3.03. The molecule has 6 atom stereocenters. The molecule has 1 aliphatic carbocycles. The number of nitrogens with one attached hydrogen (secondary N) is 1. The maximum absolute atomic E-state index is 12.5. The predicted octanol–water partition coefficient (Wildman–Crippen LogP) is 4.71. The third kappa shape index (κ3) is 4.82. The summed E-state index contributed by atoms with van der Waals surface area (Å²) >= 11 is 0. The molecule has 150 valence electrons. The summed E-state index contributed by atoms with van der Waals surface area (Å²) in [7, 11) is 0. The minimum absolute atomic E-state index is 0.400. The molecule has 3 heteroatoms. The van der Waals surface area contributed by atoms with Gasteiger partial charge in [-0.15, -0.1) is 0 Å². The lowest BCUT2D eigenvalue weighted by Gasteiger charge is -2.23. The number of carbonyl (C=O) groups is 1. The van der Waals surface area contributed by atoms with Gasteiger partial charge in [0.1, 0.15) is 0 Å². The van der Waals surface area contributed by atoms with Crippen molar-refractivity contribution in [3.05, 3.63) is 0 Å². The topological polar surface area (TPSA) is 32.3 Å². The molecule has 3 aliphatic rings. The van der Waals surface area contributed by atoms with E-state index >= 15 is 0 Å². The van der Waals surface area contributed by atoms with E-state index in [9.17, 15) is 4.79 Å². The summed E-state index contributed by atoms with van der Waals surface area (Å²) < 4.78 is 0. The Labute approximate surface area is 161 Å². The lowest BCUT2D eigenvalue weighted by molar-refractivity contribution is -0.127. The molecule has 26 heavy (non-hydrogen) atoms. The maximum atomic E-state index is 12.5. The van der Waals surface area contributed by atoms with Gasteiger partial charge in [-0.1, -0.05) is 47.5 Å². The quantitative estimate of drug-likeness (QED) is 0.644. The van der Waals surface area contributed by atoms with E-state index < -0.39 is 0 Å². The first-order valence-corrected chi connectivity index (χ1v) is 11.4. The fraction of sp³-hybridized carbons (Fsp3) is 0.957. The summed E-state index contributed by atoms with van der Waals surface area (Å²) in [5.74, 6) is 5.19. The van der Waals surface area contributed by atoms with Crippen molar-refractivity contribution >= 4 is 5.91 Å². The van der Waals surface area contributed by atoms with Gasteiger partial charge in [0.2, 0.25) is 5.91 Å². The largest absolute Gasteiger partial charge is 0.342 e. The smallest absolute Gasteiger partial charge is 0.222 e. The molecule has 1 amide bonds. The van der Waals surface area contributed by atoms with Crippen LogP contribution in [0.4, 0.5) is 0 Å². The SMILES string of the molecule is CCCC1CC1C1CC(C2CC(=O)N(CCC(C)C)C2)NC1CC(C)C. The van der Waals surface area contributed by atoms with Gasteiger partial charge in [-0.2, -0.15) is 0 Å². The molecule has 0 aromatic rings. The molecular weight excluding hydrogens is 320 g/mol. The molecular formula is C23H42N2O. The van der Waals surface area contributed by atoms with Crippen LogP contribution in [0.2, 0.25) is 0 Å². The van der Waals surface area contributed by atoms with Gasteiger partial charge < -0.3 is 10.2 Å². The Morgan fingerprint density at radius 3 is 2.54 bits per heavy atom. The second-order valence-corrected chi connectivity index (χ2v) is 10.3. The minimum Gasteiger partial charge on any atom is -0.342 e. The van der Waals surface area contributed by atoms with E-state index in [1.165, 1.54) is 32.1 Å². The van der Waals surface area contributed by atoms with Crippen LogP contribution in [0.25, 0.3) is 0 Å². The Morgan fingerprint density at radius 1 is 1.12 bits per heavy atom. The Hall–Kier alpha value is -0.570. The zero-order valence-corrected chi connectivity index (χ0v) is 17.8. The summed E-state index contributed by atoms with van der Waals surface area (Å²) in [5.41, 5.74) is 0. The summed E-state index contributed by atoms with van der Waals surface area (Å²) in [6.07, 6.45) is 8.75. The van der Waals surface area contributed by atoms with Crippen LogP contribution < -0.4 is 5.32 Å². The number of likely N-dealkylation sites (tertiary alicyclic amines) is 1. The third-order valence-corrected chi connectivity index (χ3v) is 7.17. The van der Waals surface area contributed by atoms with Crippen LogP contribution in [0.3, 0.4) is 0 Å². The normalized spacial score (nSPS) is 37.3. The van der Waals surface area contributed by atoms with Crippen molar-refractivity contribution in [3.63, 3.8) is 0 Å². The highest BCUT2D eigenvalue weighted by atomic mass is 16.2. The minimum atomic E-state index is 0.400. The van der Waals surface area contributed by atoms with Crippen LogP contribution in [0.5, 0.6) is 0 Å². The van der Waals surface area contributed by atoms with Crippen molar-refractivity contribution in [2.75, 3.05) is 13.1 Å². The molecule has 0 aromatic heterocycles. The average molecular weight is 363 g/mol. The van der Waals surface area contributed by atoms with Crippen molar-refractivity contribution in [3.8, 4) is 0 Å². The standard InChI is InChI=1S/C23H42N2O/c1-6-7-17-11-19(17)20-13-21(24-22(20)10-16(4)5)18-12-23(26)25(14-18)9-8-15(2)3/h15-22,24H,6-14H2,1-5H3. The molecule has 2 aliphatic heterocycles. The zero-order chi connectivity index (χ0) is 18.8. The second-order valence-electron chi connectivity index (χ2n) is 10.3. The van der Waals surface area contributed by atoms with Gasteiger partial charge in [-0.25, -0.2) is 0 Å². The number of hydrogen-bond donors (Lipinski definition) is 1. The predicted molar refractivity (Wildman–Crippen MR) is 109 cm³/mol. The van der Waals surface area contributed by atoms with E-state index in [1.807, 2.05) is 0 Å². The highest BCUT2D eigenvalue weighted by Crippen LogP contribution is 2.52. The lowest BCUT2D eigenvalue weighted by Crippen LogP contribution is -2.38. The van der Waals surface area contributed by atoms with Gasteiger partial charge in [-0.05, 0) is 55.3 Å². The molecule has 3 rings (SSSR count). The zero-order valence-electron chi connectivity index (χ0n) is 17.8. The van der Waals surface area contributed by atoms with Crippen molar-refractivity contribution < 1.29 is 4.79 Å². The highest BCUT2D eigenvalue weighted by Gasteiger charge is 2.50. The van der Waals surface area contributed by atoms with Gasteiger partial charge in [0.15, 0.2) is 0 Å². The van der Waals surface area contributed by atoms with Gasteiger partial charge in [0.05, 0.1) is 0 Å². The van der Waals surface area contributed by atoms with E-state index in [0.29, 0.717) is 29.8 Å². The molecule has 0 aromatic carbocycles. The second kappa shape index (κ2) is 8.63. The lowest BCUT2D eigenvalue weighted by atomic mass is 9.85. The number of nitrogens with zero attached hydrogens (tertiary/aromatic N) is 1. The molecule has 2 heterocycles. The van der Waals surface area contributed by atoms with E-state index in [2.05, 4.69) is 44.8 Å². The third-order valence-electron chi connectivity index (χ3n) is 7.17.